The molecule has 0 saturated carbocycles. The molecule has 2 fully saturated rings. The second kappa shape index (κ2) is 10.4. The van der Waals surface area contributed by atoms with Crippen LogP contribution in [0.2, 0.25) is 5.02 Å². The number of nitrogens with one attached hydrogen (secondary N) is 1. The fourth-order valence-electron chi connectivity index (χ4n) is 4.07. The van der Waals surface area contributed by atoms with E-state index in [2.05, 4.69) is 24.1 Å². The third-order valence-corrected chi connectivity index (χ3v) is 7.91. The number of hydrogen-bond acceptors (Lipinski definition) is 5. The van der Waals surface area contributed by atoms with E-state index in [-0.39, 0.29) is 27.4 Å². The monoisotopic (exact) mass is 457 g/mol. The maximum Gasteiger partial charge on any atom is 0.252 e. The summed E-state index contributed by atoms with van der Waals surface area (Å²) in [5.41, 5.74) is 0.196. The smallest absolute Gasteiger partial charge is 0.252 e. The number of carbonyl (C=O) groups excluding carboxylic acids is 1. The van der Waals surface area contributed by atoms with Gasteiger partial charge in [-0.25, -0.2) is 8.42 Å². The number of amides is 1. The Morgan fingerprint density at radius 2 is 1.83 bits per heavy atom. The van der Waals surface area contributed by atoms with Gasteiger partial charge in [0, 0.05) is 38.8 Å². The largest absolute Gasteiger partial charge is 0.379 e. The van der Waals surface area contributed by atoms with Crippen molar-refractivity contribution in [2.24, 2.45) is 5.92 Å². The van der Waals surface area contributed by atoms with Crippen molar-refractivity contribution in [1.29, 1.82) is 0 Å². The lowest BCUT2D eigenvalue weighted by molar-refractivity contribution is 0.0124. The van der Waals surface area contributed by atoms with Gasteiger partial charge in [0.2, 0.25) is 10.0 Å². The molecule has 1 atom stereocenters. The second-order valence-corrected chi connectivity index (χ2v) is 10.7. The minimum absolute atomic E-state index is 0.117. The van der Waals surface area contributed by atoms with Gasteiger partial charge in [0.1, 0.15) is 0 Å². The predicted octanol–water partition coefficient (Wildman–Crippen LogP) is 2.60. The summed E-state index contributed by atoms with van der Waals surface area (Å²) < 4.78 is 32.6. The fourth-order valence-corrected chi connectivity index (χ4v) is 5.82. The predicted molar refractivity (Wildman–Crippen MR) is 117 cm³/mol. The maximum atomic E-state index is 12.9. The summed E-state index contributed by atoms with van der Waals surface area (Å²) in [5.74, 6) is 0.146. The normalized spacial score (nSPS) is 19.9. The molecule has 30 heavy (non-hydrogen) atoms. The first-order valence-corrected chi connectivity index (χ1v) is 12.5. The Morgan fingerprint density at radius 3 is 2.47 bits per heavy atom. The number of halogens is 1. The Bertz CT molecular complexity index is 835. The number of nitrogens with zero attached hydrogens (tertiary/aromatic N) is 2. The number of morpholine rings is 1. The zero-order valence-corrected chi connectivity index (χ0v) is 19.3. The molecule has 168 valence electrons. The van der Waals surface area contributed by atoms with Crippen molar-refractivity contribution in [1.82, 2.24) is 14.5 Å². The van der Waals surface area contributed by atoms with E-state index >= 15 is 0 Å². The minimum Gasteiger partial charge on any atom is -0.379 e. The van der Waals surface area contributed by atoms with E-state index in [1.165, 1.54) is 22.5 Å². The van der Waals surface area contributed by atoms with Crippen LogP contribution in [0.25, 0.3) is 0 Å². The lowest BCUT2D eigenvalue weighted by Crippen LogP contribution is -2.49. The van der Waals surface area contributed by atoms with E-state index < -0.39 is 10.0 Å². The van der Waals surface area contributed by atoms with E-state index in [1.807, 2.05) is 0 Å². The van der Waals surface area contributed by atoms with Crippen molar-refractivity contribution < 1.29 is 17.9 Å². The van der Waals surface area contributed by atoms with Gasteiger partial charge in [-0.1, -0.05) is 25.4 Å². The molecular weight excluding hydrogens is 426 g/mol. The zero-order chi connectivity index (χ0) is 21.7. The fraction of sp³-hybridized carbons (Fsp3) is 0.667. The van der Waals surface area contributed by atoms with Crippen molar-refractivity contribution in [2.75, 3.05) is 45.9 Å². The molecule has 0 radical (unpaired) electrons. The molecule has 0 aliphatic carbocycles. The number of ether oxygens (including phenoxy) is 1. The Labute approximate surface area is 184 Å². The Kier molecular flexibility index (Phi) is 8.15. The number of rotatable bonds is 8. The highest BCUT2D eigenvalue weighted by Crippen LogP contribution is 2.25. The maximum absolute atomic E-state index is 12.9. The van der Waals surface area contributed by atoms with Gasteiger partial charge in [-0.05, 0) is 43.4 Å². The lowest BCUT2D eigenvalue weighted by atomic mass is 10.0. The van der Waals surface area contributed by atoms with Gasteiger partial charge >= 0.3 is 0 Å². The summed E-state index contributed by atoms with van der Waals surface area (Å²) in [7, 11) is -3.60. The van der Waals surface area contributed by atoms with Crippen molar-refractivity contribution in [3.8, 4) is 0 Å². The standard InChI is InChI=1S/C21H32ClN3O4S/c1-16(2)13-17(24-9-11-29-12-10-24)15-23-21(26)19-14-18(5-6-20(19)22)30(27,28)25-7-3-4-8-25/h5-6,14,16-17H,3-4,7-13,15H2,1-2H3,(H,23,26). The molecule has 2 saturated heterocycles. The first-order chi connectivity index (χ1) is 14.3. The summed E-state index contributed by atoms with van der Waals surface area (Å²) >= 11 is 6.25. The molecule has 1 unspecified atom stereocenters. The summed E-state index contributed by atoms with van der Waals surface area (Å²) in [5, 5.41) is 3.23. The highest BCUT2D eigenvalue weighted by atomic mass is 35.5. The first kappa shape index (κ1) is 23.5. The van der Waals surface area contributed by atoms with Gasteiger partial charge in [0.05, 0.1) is 28.7 Å². The molecule has 1 aromatic carbocycles. The summed E-state index contributed by atoms with van der Waals surface area (Å²) in [6.45, 7) is 8.94. The van der Waals surface area contributed by atoms with E-state index in [9.17, 15) is 13.2 Å². The highest BCUT2D eigenvalue weighted by molar-refractivity contribution is 7.89. The van der Waals surface area contributed by atoms with Crippen LogP contribution in [0.3, 0.4) is 0 Å². The molecule has 2 aliphatic rings. The quantitative estimate of drug-likeness (QED) is 0.649. The average Bonchev–Trinajstić information content (AvgIpc) is 3.27. The highest BCUT2D eigenvalue weighted by Gasteiger charge is 2.29. The molecule has 1 amide bonds. The van der Waals surface area contributed by atoms with Gasteiger partial charge in [-0.3, -0.25) is 9.69 Å². The van der Waals surface area contributed by atoms with Gasteiger partial charge in [-0.15, -0.1) is 0 Å². The third kappa shape index (κ3) is 5.73. The van der Waals surface area contributed by atoms with Crippen molar-refractivity contribution in [3.05, 3.63) is 28.8 Å². The molecule has 1 aromatic rings. The van der Waals surface area contributed by atoms with E-state index in [0.29, 0.717) is 38.8 Å². The molecule has 7 nitrogen and oxygen atoms in total. The second-order valence-electron chi connectivity index (χ2n) is 8.39. The summed E-state index contributed by atoms with van der Waals surface area (Å²) in [4.78, 5) is 15.4. The molecule has 3 rings (SSSR count). The van der Waals surface area contributed by atoms with Crippen LogP contribution in [0, 0.1) is 5.92 Å². The molecule has 1 N–H and O–H groups in total. The van der Waals surface area contributed by atoms with Crippen LogP contribution >= 0.6 is 11.6 Å². The molecule has 0 aromatic heterocycles. The van der Waals surface area contributed by atoms with Crippen molar-refractivity contribution >= 4 is 27.5 Å². The molecular formula is C21H32ClN3O4S. The Morgan fingerprint density at radius 1 is 1.17 bits per heavy atom. The number of sulfonamides is 1. The van der Waals surface area contributed by atoms with Gasteiger partial charge in [0.15, 0.2) is 0 Å². The van der Waals surface area contributed by atoms with Crippen LogP contribution in [0.15, 0.2) is 23.1 Å². The number of carbonyl (C=O) groups is 1. The first-order valence-electron chi connectivity index (χ1n) is 10.7. The Balaban J connectivity index is 1.72. The molecule has 0 spiro atoms. The Hall–Kier alpha value is -1.19. The van der Waals surface area contributed by atoms with Crippen molar-refractivity contribution in [3.63, 3.8) is 0 Å². The SMILES string of the molecule is CC(C)CC(CNC(=O)c1cc(S(=O)(=O)N2CCCC2)ccc1Cl)N1CCOCC1. The van der Waals surface area contributed by atoms with E-state index in [1.54, 1.807) is 0 Å². The lowest BCUT2D eigenvalue weighted by Gasteiger charge is -2.35. The van der Waals surface area contributed by atoms with Crippen molar-refractivity contribution in [2.45, 2.75) is 44.0 Å². The van der Waals surface area contributed by atoms with E-state index in [0.717, 1.165) is 32.4 Å². The molecule has 2 heterocycles. The topological polar surface area (TPSA) is 79.0 Å². The van der Waals surface area contributed by atoms with Crippen LogP contribution in [-0.2, 0) is 14.8 Å². The molecule has 0 bridgehead atoms. The van der Waals surface area contributed by atoms with Gasteiger partial charge in [0.25, 0.3) is 5.91 Å². The van der Waals surface area contributed by atoms with E-state index in [4.69, 9.17) is 16.3 Å². The van der Waals surface area contributed by atoms with Crippen LogP contribution in [0.4, 0.5) is 0 Å². The summed E-state index contributed by atoms with van der Waals surface area (Å²) in [6, 6.07) is 4.57. The van der Waals surface area contributed by atoms with Crippen LogP contribution < -0.4 is 5.32 Å². The van der Waals surface area contributed by atoms with Gasteiger partial charge in [-0.2, -0.15) is 4.31 Å². The molecule has 2 aliphatic heterocycles. The minimum atomic E-state index is -3.60. The summed E-state index contributed by atoms with van der Waals surface area (Å²) in [6.07, 6.45) is 2.68. The zero-order valence-electron chi connectivity index (χ0n) is 17.8. The third-order valence-electron chi connectivity index (χ3n) is 5.69. The number of benzene rings is 1. The van der Waals surface area contributed by atoms with Gasteiger partial charge < -0.3 is 10.1 Å². The van der Waals surface area contributed by atoms with Crippen LogP contribution in [0.1, 0.15) is 43.5 Å². The molecule has 9 heteroatoms. The van der Waals surface area contributed by atoms with Crippen LogP contribution in [0.5, 0.6) is 0 Å². The number of hydrogen-bond donors (Lipinski definition) is 1. The average molecular weight is 458 g/mol. The van der Waals surface area contributed by atoms with Crippen LogP contribution in [-0.4, -0.2) is 75.5 Å².